The Balaban J connectivity index is 1.53. The van der Waals surface area contributed by atoms with E-state index in [1.165, 1.54) is 29.3 Å². The largest absolute Gasteiger partial charge is 0.350 e. The standard InChI is InChI=1S/C22H20ClFN2OS/c23-18-6-3-7-19(24)21(18)22(27)25-12-20(17-9-11-28-14-17)26-10-8-15-4-1-2-5-16(15)13-26/h1-7,9,11,14,20H,8,10,12-13H2,(H,25,27). The van der Waals surface area contributed by atoms with Crippen molar-refractivity contribution in [3.63, 3.8) is 0 Å². The Morgan fingerprint density at radius 3 is 2.75 bits per heavy atom. The fourth-order valence-corrected chi connectivity index (χ4v) is 4.65. The summed E-state index contributed by atoms with van der Waals surface area (Å²) in [6, 6.07) is 14.8. The van der Waals surface area contributed by atoms with Gasteiger partial charge in [0.2, 0.25) is 0 Å². The maximum absolute atomic E-state index is 14.1. The van der Waals surface area contributed by atoms with Crippen LogP contribution in [0.15, 0.2) is 59.3 Å². The third-order valence-electron chi connectivity index (χ3n) is 5.17. The Kier molecular flexibility index (Phi) is 5.76. The van der Waals surface area contributed by atoms with Crippen molar-refractivity contribution < 1.29 is 9.18 Å². The van der Waals surface area contributed by atoms with Crippen molar-refractivity contribution in [1.29, 1.82) is 0 Å². The van der Waals surface area contributed by atoms with Crippen LogP contribution in [0.2, 0.25) is 5.02 Å². The molecule has 1 aromatic heterocycles. The van der Waals surface area contributed by atoms with Crippen molar-refractivity contribution in [1.82, 2.24) is 10.2 Å². The van der Waals surface area contributed by atoms with Gasteiger partial charge in [0, 0.05) is 19.6 Å². The van der Waals surface area contributed by atoms with Crippen LogP contribution in [0, 0.1) is 5.82 Å². The van der Waals surface area contributed by atoms with E-state index in [2.05, 4.69) is 45.9 Å². The Morgan fingerprint density at radius 2 is 2.00 bits per heavy atom. The number of benzene rings is 2. The molecule has 4 rings (SSSR count). The minimum absolute atomic E-state index is 0.0223. The zero-order valence-corrected chi connectivity index (χ0v) is 16.8. The van der Waals surface area contributed by atoms with Crippen molar-refractivity contribution in [2.75, 3.05) is 13.1 Å². The van der Waals surface area contributed by atoms with E-state index in [9.17, 15) is 9.18 Å². The second kappa shape index (κ2) is 8.43. The van der Waals surface area contributed by atoms with Crippen molar-refractivity contribution in [3.05, 3.63) is 92.4 Å². The summed E-state index contributed by atoms with van der Waals surface area (Å²) in [6.07, 6.45) is 0.976. The summed E-state index contributed by atoms with van der Waals surface area (Å²) in [5.41, 5.74) is 3.75. The maximum Gasteiger partial charge on any atom is 0.255 e. The number of amides is 1. The first-order chi connectivity index (χ1) is 13.6. The summed E-state index contributed by atoms with van der Waals surface area (Å²) in [7, 11) is 0. The number of rotatable bonds is 5. The Bertz CT molecular complexity index is 956. The lowest BCUT2D eigenvalue weighted by Crippen LogP contribution is -2.40. The van der Waals surface area contributed by atoms with Crippen LogP contribution >= 0.6 is 22.9 Å². The van der Waals surface area contributed by atoms with Crippen molar-refractivity contribution in [2.45, 2.75) is 19.0 Å². The molecule has 0 aliphatic carbocycles. The topological polar surface area (TPSA) is 32.3 Å². The highest BCUT2D eigenvalue weighted by molar-refractivity contribution is 7.08. The van der Waals surface area contributed by atoms with E-state index >= 15 is 0 Å². The number of fused-ring (bicyclic) bond motifs is 1. The van der Waals surface area contributed by atoms with Crippen LogP contribution in [0.4, 0.5) is 4.39 Å². The molecule has 0 spiro atoms. The molecule has 144 valence electrons. The number of carbonyl (C=O) groups excluding carboxylic acids is 1. The number of hydrogen-bond acceptors (Lipinski definition) is 3. The average Bonchev–Trinajstić information content (AvgIpc) is 3.22. The molecule has 1 amide bonds. The number of carbonyl (C=O) groups is 1. The molecule has 6 heteroatoms. The van der Waals surface area contributed by atoms with E-state index in [1.807, 2.05) is 5.38 Å². The van der Waals surface area contributed by atoms with Gasteiger partial charge in [-0.25, -0.2) is 4.39 Å². The molecule has 0 fully saturated rings. The Morgan fingerprint density at radius 1 is 1.18 bits per heavy atom. The predicted molar refractivity (Wildman–Crippen MR) is 111 cm³/mol. The molecule has 1 N–H and O–H groups in total. The van der Waals surface area contributed by atoms with Gasteiger partial charge in [-0.2, -0.15) is 11.3 Å². The SMILES string of the molecule is O=C(NCC(c1ccsc1)N1CCc2ccccc2C1)c1c(F)cccc1Cl. The first-order valence-electron chi connectivity index (χ1n) is 9.18. The molecule has 1 aliphatic heterocycles. The first kappa shape index (κ1) is 19.1. The molecule has 2 heterocycles. The molecule has 1 aliphatic rings. The molecule has 1 atom stereocenters. The summed E-state index contributed by atoms with van der Waals surface area (Å²) >= 11 is 7.67. The van der Waals surface area contributed by atoms with E-state index in [-0.39, 0.29) is 16.6 Å². The number of halogens is 2. The first-order valence-corrected chi connectivity index (χ1v) is 10.5. The number of thiophene rings is 1. The molecule has 0 saturated heterocycles. The van der Waals surface area contributed by atoms with E-state index in [0.29, 0.717) is 6.54 Å². The highest BCUT2D eigenvalue weighted by atomic mass is 35.5. The highest BCUT2D eigenvalue weighted by Crippen LogP contribution is 2.29. The van der Waals surface area contributed by atoms with Crippen LogP contribution in [0.5, 0.6) is 0 Å². The third-order valence-corrected chi connectivity index (χ3v) is 6.19. The van der Waals surface area contributed by atoms with Gasteiger partial charge in [-0.15, -0.1) is 0 Å². The van der Waals surface area contributed by atoms with Gasteiger partial charge in [0.1, 0.15) is 5.82 Å². The van der Waals surface area contributed by atoms with Crippen LogP contribution < -0.4 is 5.32 Å². The lowest BCUT2D eigenvalue weighted by atomic mass is 9.97. The van der Waals surface area contributed by atoms with Gasteiger partial charge in [0.25, 0.3) is 5.91 Å². The third kappa shape index (κ3) is 3.97. The van der Waals surface area contributed by atoms with Gasteiger partial charge in [-0.1, -0.05) is 41.9 Å². The molecule has 0 bridgehead atoms. The van der Waals surface area contributed by atoms with E-state index in [4.69, 9.17) is 11.6 Å². The van der Waals surface area contributed by atoms with Crippen LogP contribution in [0.25, 0.3) is 0 Å². The zero-order valence-electron chi connectivity index (χ0n) is 15.2. The summed E-state index contributed by atoms with van der Waals surface area (Å²) < 4.78 is 14.1. The van der Waals surface area contributed by atoms with E-state index < -0.39 is 11.7 Å². The van der Waals surface area contributed by atoms with Crippen molar-refractivity contribution in [2.24, 2.45) is 0 Å². The van der Waals surface area contributed by atoms with Crippen molar-refractivity contribution in [3.8, 4) is 0 Å². The van der Waals surface area contributed by atoms with Gasteiger partial charge >= 0.3 is 0 Å². The zero-order chi connectivity index (χ0) is 19.5. The maximum atomic E-state index is 14.1. The molecule has 0 saturated carbocycles. The second-order valence-corrected chi connectivity index (χ2v) is 8.06. The highest BCUT2D eigenvalue weighted by Gasteiger charge is 2.26. The average molecular weight is 415 g/mol. The smallest absolute Gasteiger partial charge is 0.255 e. The lowest BCUT2D eigenvalue weighted by molar-refractivity contribution is 0.0924. The van der Waals surface area contributed by atoms with Crippen LogP contribution in [0.3, 0.4) is 0 Å². The summed E-state index contributed by atoms with van der Waals surface area (Å²) in [4.78, 5) is 15.0. The molecule has 0 radical (unpaired) electrons. The Hall–Kier alpha value is -2.21. The van der Waals surface area contributed by atoms with Gasteiger partial charge in [-0.3, -0.25) is 9.69 Å². The second-order valence-electron chi connectivity index (χ2n) is 6.87. The number of nitrogens with zero attached hydrogens (tertiary/aromatic N) is 1. The predicted octanol–water partition coefficient (Wildman–Crippen LogP) is 5.07. The molecular weight excluding hydrogens is 395 g/mol. The summed E-state index contributed by atoms with van der Waals surface area (Å²) in [5.74, 6) is -1.09. The fourth-order valence-electron chi connectivity index (χ4n) is 3.70. The normalized spacial score (nSPS) is 15.1. The monoisotopic (exact) mass is 414 g/mol. The van der Waals surface area contributed by atoms with Gasteiger partial charge in [-0.05, 0) is 52.1 Å². The van der Waals surface area contributed by atoms with Gasteiger partial charge < -0.3 is 5.32 Å². The summed E-state index contributed by atoms with van der Waals surface area (Å²) in [6.45, 7) is 2.13. The quantitative estimate of drug-likeness (QED) is 0.632. The number of hydrogen-bond donors (Lipinski definition) is 1. The summed E-state index contributed by atoms with van der Waals surface area (Å²) in [5, 5.41) is 7.15. The molecule has 3 nitrogen and oxygen atoms in total. The van der Waals surface area contributed by atoms with Crippen LogP contribution in [-0.2, 0) is 13.0 Å². The van der Waals surface area contributed by atoms with Crippen LogP contribution in [-0.4, -0.2) is 23.9 Å². The van der Waals surface area contributed by atoms with Gasteiger partial charge in [0.05, 0.1) is 16.6 Å². The van der Waals surface area contributed by atoms with Crippen LogP contribution in [0.1, 0.15) is 33.1 Å². The molecule has 28 heavy (non-hydrogen) atoms. The molecule has 2 aromatic carbocycles. The van der Waals surface area contributed by atoms with Gasteiger partial charge in [0.15, 0.2) is 0 Å². The lowest BCUT2D eigenvalue weighted by Gasteiger charge is -2.35. The number of nitrogens with one attached hydrogen (secondary N) is 1. The van der Waals surface area contributed by atoms with E-state index in [1.54, 1.807) is 11.3 Å². The Labute approximate surface area is 172 Å². The molecule has 1 unspecified atom stereocenters. The minimum atomic E-state index is -0.607. The molecular formula is C22H20ClFN2OS. The van der Waals surface area contributed by atoms with Crippen molar-refractivity contribution >= 4 is 28.8 Å². The molecule has 3 aromatic rings. The minimum Gasteiger partial charge on any atom is -0.350 e. The fraction of sp³-hybridized carbons (Fsp3) is 0.227. The van der Waals surface area contributed by atoms with E-state index in [0.717, 1.165) is 25.1 Å².